The molecule has 156 valence electrons. The van der Waals surface area contributed by atoms with Crippen molar-refractivity contribution < 1.29 is 14.6 Å². The average Bonchev–Trinajstić information content (AvgIpc) is 3.31. The summed E-state index contributed by atoms with van der Waals surface area (Å²) in [5, 5.41) is 15.7. The van der Waals surface area contributed by atoms with E-state index in [4.69, 9.17) is 9.72 Å². The first kappa shape index (κ1) is 19.8. The molecule has 0 bridgehead atoms. The third-order valence-corrected chi connectivity index (χ3v) is 7.31. The Hall–Kier alpha value is -3.16. The maximum Gasteiger partial charge on any atom is 0.337 e. The zero-order valence-corrected chi connectivity index (χ0v) is 18.4. The Balaban J connectivity index is 1.49. The molecule has 0 saturated heterocycles. The van der Waals surface area contributed by atoms with E-state index in [1.54, 1.807) is 35.8 Å². The van der Waals surface area contributed by atoms with Crippen molar-refractivity contribution in [1.82, 2.24) is 4.98 Å². The second kappa shape index (κ2) is 8.17. The van der Waals surface area contributed by atoms with Gasteiger partial charge in [-0.05, 0) is 72.2 Å². The van der Waals surface area contributed by atoms with Crippen LogP contribution >= 0.6 is 22.7 Å². The Kier molecular flexibility index (Phi) is 5.21. The zero-order chi connectivity index (χ0) is 21.4. The van der Waals surface area contributed by atoms with Crippen molar-refractivity contribution in [1.29, 1.82) is 0 Å². The minimum Gasteiger partial charge on any atom is -0.497 e. The van der Waals surface area contributed by atoms with Gasteiger partial charge >= 0.3 is 5.97 Å². The standard InChI is InChI=1S/C24H20N2O3S2/c1-29-17-9-6-14(7-10-17)21-22(15-4-5-15)31-24(26-21)25-19-11-8-16(13-18(19)23(27)28)20-3-2-12-30-20/h2-3,6-13,15H,4-5H2,1H3,(H,25,26)(H,27,28). The lowest BCUT2D eigenvalue weighted by atomic mass is 10.1. The fourth-order valence-corrected chi connectivity index (χ4v) is 5.40. The highest BCUT2D eigenvalue weighted by Crippen LogP contribution is 2.49. The van der Waals surface area contributed by atoms with Crippen molar-refractivity contribution in [3.05, 3.63) is 70.4 Å². The fourth-order valence-electron chi connectivity index (χ4n) is 3.50. The van der Waals surface area contributed by atoms with Crippen molar-refractivity contribution in [3.63, 3.8) is 0 Å². The molecule has 2 N–H and O–H groups in total. The van der Waals surface area contributed by atoms with Crippen molar-refractivity contribution in [2.45, 2.75) is 18.8 Å². The van der Waals surface area contributed by atoms with Gasteiger partial charge in [-0.25, -0.2) is 9.78 Å². The molecular weight excluding hydrogens is 428 g/mol. The van der Waals surface area contributed by atoms with E-state index in [0.717, 1.165) is 27.4 Å². The molecule has 0 amide bonds. The second-order valence-corrected chi connectivity index (χ2v) is 9.38. The molecule has 0 atom stereocenters. The number of hydrogen-bond donors (Lipinski definition) is 2. The number of hydrogen-bond acceptors (Lipinski definition) is 6. The summed E-state index contributed by atoms with van der Waals surface area (Å²) in [5.74, 6) is 0.378. The molecule has 7 heteroatoms. The lowest BCUT2D eigenvalue weighted by Crippen LogP contribution is -2.03. The number of anilines is 2. The van der Waals surface area contributed by atoms with Gasteiger partial charge in [-0.3, -0.25) is 0 Å². The second-order valence-electron chi connectivity index (χ2n) is 7.40. The third kappa shape index (κ3) is 4.06. The summed E-state index contributed by atoms with van der Waals surface area (Å²) in [6, 6.07) is 17.3. The van der Waals surface area contributed by atoms with E-state index >= 15 is 0 Å². The minimum absolute atomic E-state index is 0.236. The minimum atomic E-state index is -0.963. The molecular formula is C24H20N2O3S2. The molecule has 0 radical (unpaired) electrons. The van der Waals surface area contributed by atoms with Gasteiger partial charge in [0.05, 0.1) is 24.1 Å². The normalized spacial score (nSPS) is 13.2. The van der Waals surface area contributed by atoms with Gasteiger partial charge in [0.25, 0.3) is 0 Å². The highest BCUT2D eigenvalue weighted by molar-refractivity contribution is 7.16. The van der Waals surface area contributed by atoms with Crippen LogP contribution in [-0.2, 0) is 0 Å². The summed E-state index contributed by atoms with van der Waals surface area (Å²) < 4.78 is 5.27. The van der Waals surface area contributed by atoms with E-state index in [1.165, 1.54) is 17.7 Å². The Morgan fingerprint density at radius 2 is 1.90 bits per heavy atom. The number of aromatic nitrogens is 1. The van der Waals surface area contributed by atoms with Crippen LogP contribution in [0.25, 0.3) is 21.7 Å². The molecule has 5 rings (SSSR count). The van der Waals surface area contributed by atoms with Gasteiger partial charge in [0, 0.05) is 15.3 Å². The number of thiophene rings is 1. The molecule has 1 aliphatic rings. The highest BCUT2D eigenvalue weighted by Gasteiger charge is 2.30. The van der Waals surface area contributed by atoms with Crippen molar-refractivity contribution in [3.8, 4) is 27.4 Å². The Labute approximate surface area is 188 Å². The predicted octanol–water partition coefficient (Wildman–Crippen LogP) is 6.87. The first-order valence-electron chi connectivity index (χ1n) is 9.96. The van der Waals surface area contributed by atoms with E-state index in [0.29, 0.717) is 16.7 Å². The van der Waals surface area contributed by atoms with E-state index in [1.807, 2.05) is 53.9 Å². The molecule has 2 aromatic heterocycles. The number of benzene rings is 2. The summed E-state index contributed by atoms with van der Waals surface area (Å²) in [7, 11) is 1.65. The summed E-state index contributed by atoms with van der Waals surface area (Å²) >= 11 is 3.20. The van der Waals surface area contributed by atoms with Gasteiger partial charge < -0.3 is 15.2 Å². The molecule has 1 fully saturated rings. The molecule has 0 spiro atoms. The number of carboxylic acids is 1. The van der Waals surface area contributed by atoms with Crippen molar-refractivity contribution in [2.75, 3.05) is 12.4 Å². The molecule has 31 heavy (non-hydrogen) atoms. The monoisotopic (exact) mass is 448 g/mol. The van der Waals surface area contributed by atoms with Gasteiger partial charge in [0.1, 0.15) is 5.75 Å². The number of nitrogens with one attached hydrogen (secondary N) is 1. The van der Waals surface area contributed by atoms with Crippen LogP contribution in [0.5, 0.6) is 5.75 Å². The van der Waals surface area contributed by atoms with Crippen LogP contribution in [0.4, 0.5) is 10.8 Å². The largest absolute Gasteiger partial charge is 0.497 e. The Bertz CT molecular complexity index is 1230. The van der Waals surface area contributed by atoms with Crippen LogP contribution < -0.4 is 10.1 Å². The molecule has 2 heterocycles. The smallest absolute Gasteiger partial charge is 0.337 e. The number of ether oxygens (including phenoxy) is 1. The first-order chi connectivity index (χ1) is 15.1. The molecule has 2 aromatic carbocycles. The first-order valence-corrected chi connectivity index (χ1v) is 11.7. The third-order valence-electron chi connectivity index (χ3n) is 5.26. The lowest BCUT2D eigenvalue weighted by molar-refractivity contribution is 0.0698. The number of thiazole rings is 1. The summed E-state index contributed by atoms with van der Waals surface area (Å²) in [6.45, 7) is 0. The van der Waals surface area contributed by atoms with Crippen molar-refractivity contribution >= 4 is 39.5 Å². The van der Waals surface area contributed by atoms with Crippen LogP contribution in [0.15, 0.2) is 60.0 Å². The van der Waals surface area contributed by atoms with Crippen LogP contribution in [-0.4, -0.2) is 23.2 Å². The predicted molar refractivity (Wildman–Crippen MR) is 126 cm³/mol. The number of carbonyl (C=O) groups is 1. The SMILES string of the molecule is COc1ccc(-c2nc(Nc3ccc(-c4cccs4)cc3C(=O)O)sc2C2CC2)cc1. The maximum absolute atomic E-state index is 11.9. The van der Waals surface area contributed by atoms with Crippen LogP contribution in [0.2, 0.25) is 0 Å². The average molecular weight is 449 g/mol. The van der Waals surface area contributed by atoms with Crippen molar-refractivity contribution in [2.24, 2.45) is 0 Å². The molecule has 0 unspecified atom stereocenters. The van der Waals surface area contributed by atoms with Crippen LogP contribution in [0, 0.1) is 0 Å². The molecule has 5 nitrogen and oxygen atoms in total. The Morgan fingerprint density at radius 3 is 2.55 bits per heavy atom. The van der Waals surface area contributed by atoms with E-state index in [2.05, 4.69) is 5.32 Å². The maximum atomic E-state index is 11.9. The topological polar surface area (TPSA) is 71.5 Å². The quantitative estimate of drug-likeness (QED) is 0.323. The van der Waals surface area contributed by atoms with E-state index < -0.39 is 5.97 Å². The van der Waals surface area contributed by atoms with Gasteiger partial charge in [0.2, 0.25) is 0 Å². The van der Waals surface area contributed by atoms with E-state index in [9.17, 15) is 9.90 Å². The summed E-state index contributed by atoms with van der Waals surface area (Å²) in [4.78, 5) is 19.1. The number of aromatic carboxylic acids is 1. The fraction of sp³-hybridized carbons (Fsp3) is 0.167. The number of methoxy groups -OCH3 is 1. The van der Waals surface area contributed by atoms with Gasteiger partial charge in [-0.2, -0.15) is 0 Å². The summed E-state index contributed by atoms with van der Waals surface area (Å²) in [5.41, 5.74) is 3.68. The lowest BCUT2D eigenvalue weighted by Gasteiger charge is -2.09. The Morgan fingerprint density at radius 1 is 1.13 bits per heavy atom. The molecule has 1 aliphatic carbocycles. The van der Waals surface area contributed by atoms with E-state index in [-0.39, 0.29) is 5.56 Å². The van der Waals surface area contributed by atoms with Gasteiger partial charge in [-0.15, -0.1) is 22.7 Å². The number of carboxylic acid groups (broad SMARTS) is 1. The molecule has 0 aliphatic heterocycles. The molecule has 4 aromatic rings. The van der Waals surface area contributed by atoms with Gasteiger partial charge in [-0.1, -0.05) is 12.1 Å². The van der Waals surface area contributed by atoms with Gasteiger partial charge in [0.15, 0.2) is 5.13 Å². The number of nitrogens with zero attached hydrogens (tertiary/aromatic N) is 1. The van der Waals surface area contributed by atoms with Crippen LogP contribution in [0.1, 0.15) is 34.0 Å². The summed E-state index contributed by atoms with van der Waals surface area (Å²) in [6.07, 6.45) is 2.33. The zero-order valence-electron chi connectivity index (χ0n) is 16.8. The highest BCUT2D eigenvalue weighted by atomic mass is 32.1. The van der Waals surface area contributed by atoms with Crippen LogP contribution in [0.3, 0.4) is 0 Å². The number of rotatable bonds is 7. The molecule has 1 saturated carbocycles.